The van der Waals surface area contributed by atoms with E-state index in [0.29, 0.717) is 6.54 Å². The zero-order chi connectivity index (χ0) is 13.7. The molecule has 1 aromatic heterocycles. The van der Waals surface area contributed by atoms with E-state index in [2.05, 4.69) is 15.6 Å². The van der Waals surface area contributed by atoms with Crippen molar-refractivity contribution in [2.45, 2.75) is 25.8 Å². The third kappa shape index (κ3) is 4.33. The predicted molar refractivity (Wildman–Crippen MR) is 75.2 cm³/mol. The van der Waals surface area contributed by atoms with Gasteiger partial charge in [-0.05, 0) is 13.3 Å². The molecule has 1 aliphatic carbocycles. The van der Waals surface area contributed by atoms with Gasteiger partial charge in [-0.1, -0.05) is 12.2 Å². The summed E-state index contributed by atoms with van der Waals surface area (Å²) in [5, 5.41) is 17.8. The first kappa shape index (κ1) is 14.0. The number of aliphatic hydroxyl groups is 1. The molecule has 0 spiro atoms. The van der Waals surface area contributed by atoms with Gasteiger partial charge in [-0.15, -0.1) is 11.3 Å². The molecule has 0 aromatic carbocycles. The summed E-state index contributed by atoms with van der Waals surface area (Å²) in [6.07, 6.45) is 5.40. The van der Waals surface area contributed by atoms with Gasteiger partial charge in [-0.3, -0.25) is 0 Å². The molecule has 3 N–H and O–H groups in total. The minimum absolute atomic E-state index is 0.0265. The largest absolute Gasteiger partial charge is 0.396 e. The number of thiazole rings is 1. The first-order valence-electron chi connectivity index (χ1n) is 6.42. The zero-order valence-electron chi connectivity index (χ0n) is 10.9. The third-order valence-corrected chi connectivity index (χ3v) is 3.88. The Kier molecular flexibility index (Phi) is 4.93. The highest BCUT2D eigenvalue weighted by Gasteiger charge is 2.19. The van der Waals surface area contributed by atoms with Crippen molar-refractivity contribution in [3.63, 3.8) is 0 Å². The van der Waals surface area contributed by atoms with Crippen LogP contribution < -0.4 is 10.6 Å². The van der Waals surface area contributed by atoms with E-state index in [9.17, 15) is 4.79 Å². The predicted octanol–water partition coefficient (Wildman–Crippen LogP) is 1.23. The molecular formula is C13H19N3O2S. The topological polar surface area (TPSA) is 74.2 Å². The maximum absolute atomic E-state index is 11.7. The maximum Gasteiger partial charge on any atom is 0.315 e. The van der Waals surface area contributed by atoms with Crippen molar-refractivity contribution in [1.82, 2.24) is 15.6 Å². The van der Waals surface area contributed by atoms with Crippen molar-refractivity contribution in [1.29, 1.82) is 0 Å². The summed E-state index contributed by atoms with van der Waals surface area (Å²) in [7, 11) is 0. The molecule has 0 saturated heterocycles. The van der Waals surface area contributed by atoms with E-state index in [4.69, 9.17) is 5.11 Å². The van der Waals surface area contributed by atoms with E-state index in [-0.39, 0.29) is 24.6 Å². The smallest absolute Gasteiger partial charge is 0.315 e. The molecule has 0 radical (unpaired) electrons. The summed E-state index contributed by atoms with van der Waals surface area (Å²) in [6, 6.07) is -0.140. The molecule has 0 saturated carbocycles. The number of hydrogen-bond acceptors (Lipinski definition) is 4. The normalized spacial score (nSPS) is 21.6. The van der Waals surface area contributed by atoms with E-state index in [1.165, 1.54) is 0 Å². The summed E-state index contributed by atoms with van der Waals surface area (Å²) in [4.78, 5) is 16.0. The van der Waals surface area contributed by atoms with Gasteiger partial charge in [-0.25, -0.2) is 9.78 Å². The average Bonchev–Trinajstić information content (AvgIpc) is 2.98. The van der Waals surface area contributed by atoms with Crippen LogP contribution in [0.4, 0.5) is 4.79 Å². The SMILES string of the molecule is Cc1nc(CCNC(=O)N[C@@H]2C=C[C@H](CO)C2)cs1. The summed E-state index contributed by atoms with van der Waals surface area (Å²) in [6.45, 7) is 2.69. The van der Waals surface area contributed by atoms with Crippen LogP contribution in [-0.4, -0.2) is 35.3 Å². The number of nitrogens with zero attached hydrogens (tertiary/aromatic N) is 1. The van der Waals surface area contributed by atoms with Crippen molar-refractivity contribution >= 4 is 17.4 Å². The summed E-state index contributed by atoms with van der Waals surface area (Å²) in [5.74, 6) is 0.170. The number of rotatable bonds is 5. The molecule has 2 atom stereocenters. The summed E-state index contributed by atoms with van der Waals surface area (Å²) in [5.41, 5.74) is 1.02. The van der Waals surface area contributed by atoms with Crippen molar-refractivity contribution in [3.05, 3.63) is 28.2 Å². The number of aliphatic hydroxyl groups excluding tert-OH is 1. The molecule has 1 aliphatic rings. The lowest BCUT2D eigenvalue weighted by Crippen LogP contribution is -2.41. The van der Waals surface area contributed by atoms with Crippen molar-refractivity contribution in [2.75, 3.05) is 13.2 Å². The first-order chi connectivity index (χ1) is 9.17. The Morgan fingerprint density at radius 3 is 3.05 bits per heavy atom. The van der Waals surface area contributed by atoms with Gasteiger partial charge < -0.3 is 15.7 Å². The molecule has 104 valence electrons. The molecule has 6 heteroatoms. The molecule has 5 nitrogen and oxygen atoms in total. The van der Waals surface area contributed by atoms with Crippen LogP contribution in [0.15, 0.2) is 17.5 Å². The number of nitrogens with one attached hydrogen (secondary N) is 2. The van der Waals surface area contributed by atoms with Gasteiger partial charge in [0.1, 0.15) is 0 Å². The Labute approximate surface area is 116 Å². The Morgan fingerprint density at radius 1 is 1.58 bits per heavy atom. The fourth-order valence-corrected chi connectivity index (χ4v) is 2.71. The highest BCUT2D eigenvalue weighted by Crippen LogP contribution is 2.16. The van der Waals surface area contributed by atoms with Gasteiger partial charge in [0.2, 0.25) is 0 Å². The minimum atomic E-state index is -0.166. The second kappa shape index (κ2) is 6.68. The molecule has 1 heterocycles. The van der Waals surface area contributed by atoms with Crippen LogP contribution in [0.1, 0.15) is 17.1 Å². The van der Waals surface area contributed by atoms with E-state index in [1.807, 2.05) is 24.5 Å². The van der Waals surface area contributed by atoms with Gasteiger partial charge in [0.05, 0.1) is 10.7 Å². The van der Waals surface area contributed by atoms with Crippen LogP contribution in [0.2, 0.25) is 0 Å². The van der Waals surface area contributed by atoms with Crippen LogP contribution in [0, 0.1) is 12.8 Å². The molecule has 0 fully saturated rings. The van der Waals surface area contributed by atoms with Crippen LogP contribution in [0.3, 0.4) is 0 Å². The second-order valence-electron chi connectivity index (χ2n) is 4.68. The summed E-state index contributed by atoms with van der Waals surface area (Å²) >= 11 is 1.62. The Balaban J connectivity index is 1.64. The Bertz CT molecular complexity index is 458. The minimum Gasteiger partial charge on any atom is -0.396 e. The van der Waals surface area contributed by atoms with Gasteiger partial charge in [-0.2, -0.15) is 0 Å². The number of carbonyl (C=O) groups is 1. The van der Waals surface area contributed by atoms with Crippen molar-refractivity contribution in [3.8, 4) is 0 Å². The van der Waals surface area contributed by atoms with Crippen LogP contribution in [-0.2, 0) is 6.42 Å². The number of aromatic nitrogens is 1. The van der Waals surface area contributed by atoms with Gasteiger partial charge in [0.15, 0.2) is 0 Å². The number of carbonyl (C=O) groups excluding carboxylic acids is 1. The third-order valence-electron chi connectivity index (χ3n) is 3.06. The quantitative estimate of drug-likeness (QED) is 0.711. The van der Waals surface area contributed by atoms with Crippen molar-refractivity contribution < 1.29 is 9.90 Å². The van der Waals surface area contributed by atoms with E-state index in [1.54, 1.807) is 11.3 Å². The molecule has 0 aliphatic heterocycles. The zero-order valence-corrected chi connectivity index (χ0v) is 11.7. The molecule has 19 heavy (non-hydrogen) atoms. The molecule has 1 aromatic rings. The van der Waals surface area contributed by atoms with Crippen LogP contribution in [0.5, 0.6) is 0 Å². The lowest BCUT2D eigenvalue weighted by Gasteiger charge is -2.13. The molecule has 2 rings (SSSR count). The number of urea groups is 1. The van der Waals surface area contributed by atoms with Crippen molar-refractivity contribution in [2.24, 2.45) is 5.92 Å². The standard InChI is InChI=1S/C13H19N3O2S/c1-9-15-12(8-19-9)4-5-14-13(18)16-11-3-2-10(6-11)7-17/h2-3,8,10-11,17H,4-7H2,1H3,(H2,14,16,18)/t10-,11+/m0/s1. The Morgan fingerprint density at radius 2 is 2.42 bits per heavy atom. The maximum atomic E-state index is 11.7. The molecule has 0 bridgehead atoms. The lowest BCUT2D eigenvalue weighted by atomic mass is 10.1. The average molecular weight is 281 g/mol. The number of amides is 2. The molecular weight excluding hydrogens is 262 g/mol. The molecule has 2 amide bonds. The highest BCUT2D eigenvalue weighted by atomic mass is 32.1. The van der Waals surface area contributed by atoms with E-state index in [0.717, 1.165) is 23.5 Å². The van der Waals surface area contributed by atoms with Crippen LogP contribution >= 0.6 is 11.3 Å². The Hall–Kier alpha value is -1.40. The fraction of sp³-hybridized carbons (Fsp3) is 0.538. The fourth-order valence-electron chi connectivity index (χ4n) is 2.06. The van der Waals surface area contributed by atoms with Gasteiger partial charge in [0.25, 0.3) is 0 Å². The first-order valence-corrected chi connectivity index (χ1v) is 7.30. The van der Waals surface area contributed by atoms with Crippen LogP contribution in [0.25, 0.3) is 0 Å². The number of hydrogen-bond donors (Lipinski definition) is 3. The van der Waals surface area contributed by atoms with E-state index < -0.39 is 0 Å². The van der Waals surface area contributed by atoms with Gasteiger partial charge >= 0.3 is 6.03 Å². The monoisotopic (exact) mass is 281 g/mol. The lowest BCUT2D eigenvalue weighted by molar-refractivity contribution is 0.231. The van der Waals surface area contributed by atoms with E-state index >= 15 is 0 Å². The highest BCUT2D eigenvalue weighted by molar-refractivity contribution is 7.09. The van der Waals surface area contributed by atoms with Gasteiger partial charge in [0, 0.05) is 36.9 Å². The summed E-state index contributed by atoms with van der Waals surface area (Å²) < 4.78 is 0. The number of aryl methyl sites for hydroxylation is 1. The molecule has 0 unspecified atom stereocenters. The second-order valence-corrected chi connectivity index (χ2v) is 5.74.